The van der Waals surface area contributed by atoms with Gasteiger partial charge in [-0.25, -0.2) is 0 Å². The van der Waals surface area contributed by atoms with Crippen LogP contribution in [0.1, 0.15) is 72.1 Å². The lowest BCUT2D eigenvalue weighted by atomic mass is 10.0. The average molecular weight is 269 g/mol. The molecule has 0 aromatic carbocycles. The minimum atomic E-state index is -0.0535. The van der Waals surface area contributed by atoms with E-state index in [0.29, 0.717) is 12.1 Å². The second-order valence-corrected chi connectivity index (χ2v) is 5.96. The van der Waals surface area contributed by atoms with Crippen LogP contribution in [-0.2, 0) is 9.53 Å². The molecule has 1 aliphatic rings. The van der Waals surface area contributed by atoms with Crippen LogP contribution in [0.5, 0.6) is 0 Å². The van der Waals surface area contributed by atoms with Gasteiger partial charge in [0.2, 0.25) is 0 Å². The molecule has 3 nitrogen and oxygen atoms in total. The smallest absolute Gasteiger partial charge is 0.323 e. The minimum absolute atomic E-state index is 0.00866. The molecule has 3 heteroatoms. The first-order valence-corrected chi connectivity index (χ1v) is 7.97. The predicted molar refractivity (Wildman–Crippen MR) is 79.2 cm³/mol. The molecule has 1 aliphatic heterocycles. The zero-order valence-electron chi connectivity index (χ0n) is 13.2. The number of unbranched alkanes of at least 4 members (excludes halogenated alkanes) is 4. The molecule has 0 saturated carbocycles. The molecule has 0 aromatic rings. The third-order valence-electron chi connectivity index (χ3n) is 4.43. The maximum absolute atomic E-state index is 11.8. The van der Waals surface area contributed by atoms with Crippen molar-refractivity contribution >= 4 is 5.97 Å². The third kappa shape index (κ3) is 4.79. The van der Waals surface area contributed by atoms with E-state index in [4.69, 9.17) is 4.74 Å². The molecule has 3 atom stereocenters. The van der Waals surface area contributed by atoms with Crippen molar-refractivity contribution in [2.45, 2.75) is 90.3 Å². The van der Waals surface area contributed by atoms with E-state index in [1.54, 1.807) is 0 Å². The molecule has 1 saturated heterocycles. The average Bonchev–Trinajstić information content (AvgIpc) is 2.79. The Hall–Kier alpha value is -0.570. The molecule has 0 amide bonds. The summed E-state index contributed by atoms with van der Waals surface area (Å²) < 4.78 is 4.94. The van der Waals surface area contributed by atoms with Crippen LogP contribution in [0, 0.1) is 0 Å². The Labute approximate surface area is 118 Å². The van der Waals surface area contributed by atoms with Crippen molar-refractivity contribution in [3.05, 3.63) is 0 Å². The van der Waals surface area contributed by atoms with Gasteiger partial charge in [-0.05, 0) is 33.1 Å². The lowest BCUT2D eigenvalue weighted by molar-refractivity contribution is -0.147. The first-order valence-electron chi connectivity index (χ1n) is 7.97. The summed E-state index contributed by atoms with van der Waals surface area (Å²) in [4.78, 5) is 14.2. The molecule has 0 aliphatic carbocycles. The number of rotatable bonds is 8. The number of hydrogen-bond acceptors (Lipinski definition) is 3. The molecule has 112 valence electrons. The Morgan fingerprint density at radius 1 is 1.26 bits per heavy atom. The molecular weight excluding hydrogens is 238 g/mol. The normalized spacial score (nSPS) is 25.5. The van der Waals surface area contributed by atoms with Crippen molar-refractivity contribution in [3.8, 4) is 0 Å². The minimum Gasteiger partial charge on any atom is -0.468 e. The van der Waals surface area contributed by atoms with Crippen LogP contribution in [-0.4, -0.2) is 36.1 Å². The summed E-state index contributed by atoms with van der Waals surface area (Å²) in [5.74, 6) is -0.0535. The first-order chi connectivity index (χ1) is 9.11. The van der Waals surface area contributed by atoms with Gasteiger partial charge in [-0.1, -0.05) is 39.0 Å². The summed E-state index contributed by atoms with van der Waals surface area (Å²) in [7, 11) is 1.50. The highest BCUT2D eigenvalue weighted by Gasteiger charge is 2.38. The second kappa shape index (κ2) is 8.57. The number of carbonyl (C=O) groups excluding carboxylic acids is 1. The lowest BCUT2D eigenvalue weighted by Gasteiger charge is -2.32. The van der Waals surface area contributed by atoms with E-state index in [9.17, 15) is 4.79 Å². The molecule has 0 bridgehead atoms. The largest absolute Gasteiger partial charge is 0.468 e. The van der Waals surface area contributed by atoms with Gasteiger partial charge in [-0.15, -0.1) is 0 Å². The van der Waals surface area contributed by atoms with Gasteiger partial charge in [-0.2, -0.15) is 0 Å². The first kappa shape index (κ1) is 16.5. The molecule has 19 heavy (non-hydrogen) atoms. The van der Waals surface area contributed by atoms with Crippen molar-refractivity contribution in [2.75, 3.05) is 7.11 Å². The highest BCUT2D eigenvalue weighted by Crippen LogP contribution is 2.29. The van der Waals surface area contributed by atoms with E-state index in [2.05, 4.69) is 25.7 Å². The Morgan fingerprint density at radius 2 is 1.95 bits per heavy atom. The Balaban J connectivity index is 2.39. The summed E-state index contributed by atoms with van der Waals surface area (Å²) in [6.07, 6.45) is 9.85. The van der Waals surface area contributed by atoms with Gasteiger partial charge in [0, 0.05) is 12.1 Å². The van der Waals surface area contributed by atoms with Crippen LogP contribution in [0.4, 0.5) is 0 Å². The summed E-state index contributed by atoms with van der Waals surface area (Å²) in [5.41, 5.74) is 0. The van der Waals surface area contributed by atoms with E-state index in [1.165, 1.54) is 45.6 Å². The number of ether oxygens (including phenoxy) is 1. The number of esters is 1. The maximum Gasteiger partial charge on any atom is 0.323 e. The standard InChI is InChI=1S/C16H31NO2/c1-5-6-7-8-9-10-13(2)17-14(3)11-12-15(17)16(18)19-4/h13-15H,5-12H2,1-4H3/t13?,14-,15-/m0/s1. The van der Waals surface area contributed by atoms with Gasteiger partial charge in [-0.3, -0.25) is 9.69 Å². The van der Waals surface area contributed by atoms with Crippen molar-refractivity contribution in [3.63, 3.8) is 0 Å². The fourth-order valence-electron chi connectivity index (χ4n) is 3.31. The SMILES string of the molecule is CCCCCCCC(C)N1[C@@H](C)CC[C@H]1C(=O)OC. The number of likely N-dealkylation sites (tertiary alicyclic amines) is 1. The predicted octanol–water partition coefficient (Wildman–Crippen LogP) is 3.76. The van der Waals surface area contributed by atoms with Crippen molar-refractivity contribution < 1.29 is 9.53 Å². The topological polar surface area (TPSA) is 29.5 Å². The monoisotopic (exact) mass is 269 g/mol. The van der Waals surface area contributed by atoms with Crippen LogP contribution in [0.3, 0.4) is 0 Å². The van der Waals surface area contributed by atoms with E-state index < -0.39 is 0 Å². The highest BCUT2D eigenvalue weighted by molar-refractivity contribution is 5.76. The lowest BCUT2D eigenvalue weighted by Crippen LogP contribution is -2.45. The fourth-order valence-corrected chi connectivity index (χ4v) is 3.31. The maximum atomic E-state index is 11.8. The van der Waals surface area contributed by atoms with Crippen LogP contribution in [0.25, 0.3) is 0 Å². The highest BCUT2D eigenvalue weighted by atomic mass is 16.5. The molecule has 0 spiro atoms. The van der Waals surface area contributed by atoms with Crippen LogP contribution in [0.15, 0.2) is 0 Å². The van der Waals surface area contributed by atoms with Gasteiger partial charge >= 0.3 is 5.97 Å². The summed E-state index contributed by atoms with van der Waals surface area (Å²) in [6, 6.07) is 0.989. The number of methoxy groups -OCH3 is 1. The van der Waals surface area contributed by atoms with Crippen molar-refractivity contribution in [1.82, 2.24) is 4.90 Å². The molecule has 0 N–H and O–H groups in total. The van der Waals surface area contributed by atoms with Gasteiger partial charge in [0.25, 0.3) is 0 Å². The van der Waals surface area contributed by atoms with Gasteiger partial charge in [0.1, 0.15) is 6.04 Å². The van der Waals surface area contributed by atoms with Crippen molar-refractivity contribution in [1.29, 1.82) is 0 Å². The number of hydrogen-bond donors (Lipinski definition) is 0. The summed E-state index contributed by atoms with van der Waals surface area (Å²) in [5, 5.41) is 0. The molecule has 1 rings (SSSR count). The zero-order valence-corrected chi connectivity index (χ0v) is 13.2. The Bertz CT molecular complexity index is 267. The summed E-state index contributed by atoms with van der Waals surface area (Å²) >= 11 is 0. The van der Waals surface area contributed by atoms with Crippen LogP contribution < -0.4 is 0 Å². The van der Waals surface area contributed by atoms with Crippen LogP contribution in [0.2, 0.25) is 0 Å². The number of nitrogens with zero attached hydrogens (tertiary/aromatic N) is 1. The Kier molecular flexibility index (Phi) is 7.44. The zero-order chi connectivity index (χ0) is 14.3. The molecule has 0 aromatic heterocycles. The van der Waals surface area contributed by atoms with E-state index in [-0.39, 0.29) is 12.0 Å². The van der Waals surface area contributed by atoms with Gasteiger partial charge < -0.3 is 4.74 Å². The fraction of sp³-hybridized carbons (Fsp3) is 0.938. The molecule has 1 heterocycles. The molecule has 1 unspecified atom stereocenters. The molecule has 1 fully saturated rings. The second-order valence-electron chi connectivity index (χ2n) is 5.96. The van der Waals surface area contributed by atoms with E-state index in [0.717, 1.165) is 12.8 Å². The molecule has 0 radical (unpaired) electrons. The Morgan fingerprint density at radius 3 is 2.58 bits per heavy atom. The summed E-state index contributed by atoms with van der Waals surface area (Å²) in [6.45, 7) is 6.74. The van der Waals surface area contributed by atoms with E-state index in [1.807, 2.05) is 0 Å². The third-order valence-corrected chi connectivity index (χ3v) is 4.43. The van der Waals surface area contributed by atoms with Gasteiger partial charge in [0.15, 0.2) is 0 Å². The molecular formula is C16H31NO2. The number of carbonyl (C=O) groups is 1. The quantitative estimate of drug-likeness (QED) is 0.496. The van der Waals surface area contributed by atoms with Crippen molar-refractivity contribution in [2.24, 2.45) is 0 Å². The van der Waals surface area contributed by atoms with Crippen LogP contribution >= 0.6 is 0 Å². The van der Waals surface area contributed by atoms with Gasteiger partial charge in [0.05, 0.1) is 7.11 Å². The van der Waals surface area contributed by atoms with E-state index >= 15 is 0 Å².